The van der Waals surface area contributed by atoms with E-state index in [4.69, 9.17) is 4.42 Å². The van der Waals surface area contributed by atoms with Gasteiger partial charge in [-0.25, -0.2) is 0 Å². The van der Waals surface area contributed by atoms with Gasteiger partial charge in [-0.2, -0.15) is 0 Å². The fraction of sp³-hybridized carbons (Fsp3) is 0.286. The van der Waals surface area contributed by atoms with Crippen LogP contribution in [-0.4, -0.2) is 29.2 Å². The number of aromatic nitrogens is 2. The van der Waals surface area contributed by atoms with E-state index in [0.29, 0.717) is 18.0 Å². The van der Waals surface area contributed by atoms with Crippen LogP contribution in [0, 0.1) is 12.8 Å². The van der Waals surface area contributed by atoms with E-state index in [1.54, 1.807) is 6.26 Å². The molecule has 0 bridgehead atoms. The number of aryl methyl sites for hydroxylation is 1. The highest BCUT2D eigenvalue weighted by molar-refractivity contribution is 5.93. The van der Waals surface area contributed by atoms with Crippen molar-refractivity contribution in [3.05, 3.63) is 60.4 Å². The molecule has 0 radical (unpaired) electrons. The lowest BCUT2D eigenvalue weighted by atomic mass is 9.97. The normalized spacial score (nSPS) is 16.9. The van der Waals surface area contributed by atoms with Crippen molar-refractivity contribution in [3.63, 3.8) is 0 Å². The van der Waals surface area contributed by atoms with E-state index in [2.05, 4.69) is 20.4 Å². The average Bonchev–Trinajstić information content (AvgIpc) is 3.25. The maximum atomic E-state index is 12.7. The number of hydrogen-bond donors (Lipinski definition) is 1. The number of amides is 1. The van der Waals surface area contributed by atoms with Gasteiger partial charge in [0.05, 0.1) is 12.2 Å². The number of rotatable bonds is 4. The van der Waals surface area contributed by atoms with Crippen molar-refractivity contribution < 1.29 is 9.21 Å². The molecule has 6 nitrogen and oxygen atoms in total. The Kier molecular flexibility index (Phi) is 4.87. The first-order valence-corrected chi connectivity index (χ1v) is 9.20. The predicted octanol–water partition coefficient (Wildman–Crippen LogP) is 3.90. The van der Waals surface area contributed by atoms with Gasteiger partial charge in [-0.3, -0.25) is 4.79 Å². The summed E-state index contributed by atoms with van der Waals surface area (Å²) in [5.41, 5.74) is 2.65. The van der Waals surface area contributed by atoms with Gasteiger partial charge in [-0.05, 0) is 55.7 Å². The minimum Gasteiger partial charge on any atom is -0.463 e. The summed E-state index contributed by atoms with van der Waals surface area (Å²) in [6.45, 7) is 3.52. The highest BCUT2D eigenvalue weighted by atomic mass is 16.3. The van der Waals surface area contributed by atoms with Crippen molar-refractivity contribution in [1.82, 2.24) is 10.2 Å². The van der Waals surface area contributed by atoms with E-state index < -0.39 is 0 Å². The van der Waals surface area contributed by atoms with E-state index >= 15 is 0 Å². The Morgan fingerprint density at radius 3 is 2.78 bits per heavy atom. The zero-order valence-corrected chi connectivity index (χ0v) is 15.3. The minimum atomic E-state index is -0.0649. The molecule has 0 aliphatic carbocycles. The largest absolute Gasteiger partial charge is 0.463 e. The molecular weight excluding hydrogens is 340 g/mol. The number of para-hydroxylation sites is 1. The molecule has 1 atom stereocenters. The highest BCUT2D eigenvalue weighted by Crippen LogP contribution is 2.25. The molecule has 1 N–H and O–H groups in total. The molecule has 3 heterocycles. The first-order chi connectivity index (χ1) is 13.2. The molecule has 1 unspecified atom stereocenters. The van der Waals surface area contributed by atoms with E-state index in [-0.39, 0.29) is 11.8 Å². The summed E-state index contributed by atoms with van der Waals surface area (Å²) in [6.07, 6.45) is 3.45. The van der Waals surface area contributed by atoms with Crippen molar-refractivity contribution in [3.8, 4) is 11.5 Å². The first kappa shape index (κ1) is 17.3. The standard InChI is InChI=1S/C21H22N4O2/c1-15-6-2-3-8-17(15)22-21(26)16-7-4-12-25(14-16)20-11-10-18(23-24-20)19-9-5-13-27-19/h2-3,5-6,8-11,13,16H,4,7,12,14H2,1H3,(H,22,26). The Hall–Kier alpha value is -3.15. The van der Waals surface area contributed by atoms with Crippen molar-refractivity contribution in [2.45, 2.75) is 19.8 Å². The Balaban J connectivity index is 1.43. The molecule has 1 amide bonds. The Labute approximate surface area is 158 Å². The summed E-state index contributed by atoms with van der Waals surface area (Å²) in [5.74, 6) is 1.49. The Morgan fingerprint density at radius 2 is 2.04 bits per heavy atom. The molecule has 1 fully saturated rings. The minimum absolute atomic E-state index is 0.0640. The highest BCUT2D eigenvalue weighted by Gasteiger charge is 2.27. The molecule has 138 valence electrons. The van der Waals surface area contributed by atoms with Crippen LogP contribution < -0.4 is 10.2 Å². The molecule has 1 aromatic carbocycles. The number of anilines is 2. The number of benzene rings is 1. The number of nitrogens with zero attached hydrogens (tertiary/aromatic N) is 3. The third-order valence-electron chi connectivity index (χ3n) is 4.94. The van der Waals surface area contributed by atoms with Gasteiger partial charge in [-0.1, -0.05) is 18.2 Å². The van der Waals surface area contributed by atoms with Crippen molar-refractivity contribution in [2.75, 3.05) is 23.3 Å². The summed E-state index contributed by atoms with van der Waals surface area (Å²) < 4.78 is 5.35. The SMILES string of the molecule is Cc1ccccc1NC(=O)C1CCCN(c2ccc(-c3ccco3)nn2)C1. The van der Waals surface area contributed by atoms with Crippen LogP contribution in [0.2, 0.25) is 0 Å². The molecule has 0 saturated carbocycles. The van der Waals surface area contributed by atoms with E-state index in [9.17, 15) is 4.79 Å². The molecule has 1 aliphatic rings. The van der Waals surface area contributed by atoms with Crippen LogP contribution in [0.25, 0.3) is 11.5 Å². The van der Waals surface area contributed by atoms with Crippen molar-refractivity contribution in [2.24, 2.45) is 5.92 Å². The lowest BCUT2D eigenvalue weighted by Crippen LogP contribution is -2.41. The Morgan fingerprint density at radius 1 is 1.15 bits per heavy atom. The third-order valence-corrected chi connectivity index (χ3v) is 4.94. The van der Waals surface area contributed by atoms with Gasteiger partial charge < -0.3 is 14.6 Å². The van der Waals surface area contributed by atoms with E-state index in [0.717, 1.165) is 36.5 Å². The monoisotopic (exact) mass is 362 g/mol. The lowest BCUT2D eigenvalue weighted by molar-refractivity contribution is -0.120. The number of hydrogen-bond acceptors (Lipinski definition) is 5. The first-order valence-electron chi connectivity index (χ1n) is 9.20. The molecule has 27 heavy (non-hydrogen) atoms. The van der Waals surface area contributed by atoms with Gasteiger partial charge >= 0.3 is 0 Å². The molecule has 3 aromatic rings. The quantitative estimate of drug-likeness (QED) is 0.762. The topological polar surface area (TPSA) is 71.3 Å². The number of carbonyl (C=O) groups excluding carboxylic acids is 1. The fourth-order valence-electron chi connectivity index (χ4n) is 3.40. The molecule has 2 aromatic heterocycles. The maximum Gasteiger partial charge on any atom is 0.229 e. The maximum absolute atomic E-state index is 12.7. The van der Waals surface area contributed by atoms with Gasteiger partial charge in [0.1, 0.15) is 5.69 Å². The third kappa shape index (κ3) is 3.84. The van der Waals surface area contributed by atoms with Gasteiger partial charge in [0.15, 0.2) is 11.6 Å². The number of piperidine rings is 1. The second-order valence-electron chi connectivity index (χ2n) is 6.84. The summed E-state index contributed by atoms with van der Waals surface area (Å²) in [7, 11) is 0. The number of nitrogens with one attached hydrogen (secondary N) is 1. The van der Waals surface area contributed by atoms with E-state index in [1.165, 1.54) is 0 Å². The second kappa shape index (κ2) is 7.61. The van der Waals surface area contributed by atoms with Crippen LogP contribution >= 0.6 is 0 Å². The number of carbonyl (C=O) groups is 1. The summed E-state index contributed by atoms with van der Waals surface area (Å²) in [6, 6.07) is 15.4. The predicted molar refractivity (Wildman–Crippen MR) is 104 cm³/mol. The zero-order chi connectivity index (χ0) is 18.6. The van der Waals surface area contributed by atoms with Crippen molar-refractivity contribution >= 4 is 17.4 Å². The van der Waals surface area contributed by atoms with Crippen LogP contribution in [0.4, 0.5) is 11.5 Å². The van der Waals surface area contributed by atoms with Gasteiger partial charge in [0.25, 0.3) is 0 Å². The second-order valence-corrected chi connectivity index (χ2v) is 6.84. The van der Waals surface area contributed by atoms with Crippen LogP contribution in [-0.2, 0) is 4.79 Å². The summed E-state index contributed by atoms with van der Waals surface area (Å²) in [5, 5.41) is 11.7. The van der Waals surface area contributed by atoms with Crippen LogP contribution in [0.3, 0.4) is 0 Å². The molecule has 1 saturated heterocycles. The van der Waals surface area contributed by atoms with Gasteiger partial charge in [-0.15, -0.1) is 10.2 Å². The summed E-state index contributed by atoms with van der Waals surface area (Å²) in [4.78, 5) is 14.8. The van der Waals surface area contributed by atoms with Crippen LogP contribution in [0.15, 0.2) is 59.2 Å². The smallest absolute Gasteiger partial charge is 0.229 e. The molecule has 1 aliphatic heterocycles. The molecular formula is C21H22N4O2. The van der Waals surface area contributed by atoms with Crippen LogP contribution in [0.5, 0.6) is 0 Å². The molecule has 6 heteroatoms. The fourth-order valence-corrected chi connectivity index (χ4v) is 3.40. The zero-order valence-electron chi connectivity index (χ0n) is 15.3. The van der Waals surface area contributed by atoms with Crippen LogP contribution in [0.1, 0.15) is 18.4 Å². The van der Waals surface area contributed by atoms with E-state index in [1.807, 2.05) is 55.5 Å². The lowest BCUT2D eigenvalue weighted by Gasteiger charge is -2.32. The summed E-state index contributed by atoms with van der Waals surface area (Å²) >= 11 is 0. The van der Waals surface area contributed by atoms with Crippen molar-refractivity contribution in [1.29, 1.82) is 0 Å². The number of furan rings is 1. The molecule has 0 spiro atoms. The molecule has 4 rings (SSSR count). The average molecular weight is 362 g/mol. The van der Waals surface area contributed by atoms with Gasteiger partial charge in [0.2, 0.25) is 5.91 Å². The van der Waals surface area contributed by atoms with Gasteiger partial charge in [0, 0.05) is 18.8 Å². The Bertz CT molecular complexity index is 906.